The number of aliphatic hydroxyl groups excluding tert-OH is 1. The monoisotopic (exact) mass is 336 g/mol. The average molecular weight is 337 g/mol. The summed E-state index contributed by atoms with van der Waals surface area (Å²) in [7, 11) is 1.48. The number of carbonyl (C=O) groups excluding carboxylic acids is 1. The summed E-state index contributed by atoms with van der Waals surface area (Å²) in [6.45, 7) is 1.73. The average Bonchev–Trinajstić information content (AvgIpc) is 3.03. The summed E-state index contributed by atoms with van der Waals surface area (Å²) < 4.78 is 11.1. The zero-order chi connectivity index (χ0) is 16.8. The summed E-state index contributed by atoms with van der Waals surface area (Å²) in [6.07, 6.45) is -0.228. The van der Waals surface area contributed by atoms with Gasteiger partial charge in [0.05, 0.1) is 22.4 Å². The Morgan fingerprint density at radius 3 is 2.87 bits per heavy atom. The molecule has 0 radical (unpaired) electrons. The maximum absolute atomic E-state index is 12.5. The molecule has 1 saturated heterocycles. The minimum atomic E-state index is -1.06. The number of aliphatic hydroxyl groups is 1. The molecule has 1 aromatic rings. The topological polar surface area (TPSA) is 82.8 Å². The predicted molar refractivity (Wildman–Crippen MR) is 83.2 cm³/mol. The summed E-state index contributed by atoms with van der Waals surface area (Å²) in [4.78, 5) is 13.8. The molecule has 23 heavy (non-hydrogen) atoms. The van der Waals surface area contributed by atoms with E-state index in [0.717, 1.165) is 6.42 Å². The van der Waals surface area contributed by atoms with E-state index < -0.39 is 24.0 Å². The van der Waals surface area contributed by atoms with Gasteiger partial charge in [0.25, 0.3) is 0 Å². The zero-order valence-corrected chi connectivity index (χ0v) is 13.6. The number of rotatable bonds is 2. The maximum atomic E-state index is 12.5. The summed E-state index contributed by atoms with van der Waals surface area (Å²) in [6, 6.07) is 5.21. The molecule has 0 bridgehead atoms. The smallest absolute Gasteiger partial charge is 0.417 e. The molecule has 6 nitrogen and oxygen atoms in total. The Bertz CT molecular complexity index is 702. The molecular weight excluding hydrogens is 320 g/mol. The summed E-state index contributed by atoms with van der Waals surface area (Å²) in [5.41, 5.74) is 0.389. The second-order valence-electron chi connectivity index (χ2n) is 5.87. The van der Waals surface area contributed by atoms with E-state index in [0.29, 0.717) is 34.7 Å². The molecule has 1 spiro atoms. The van der Waals surface area contributed by atoms with Crippen molar-refractivity contribution in [1.29, 1.82) is 5.26 Å². The van der Waals surface area contributed by atoms with Gasteiger partial charge in [-0.15, -0.1) is 0 Å². The van der Waals surface area contributed by atoms with Crippen molar-refractivity contribution < 1.29 is 19.4 Å². The molecule has 0 aromatic heterocycles. The van der Waals surface area contributed by atoms with Crippen molar-refractivity contribution in [3.63, 3.8) is 0 Å². The molecule has 1 saturated carbocycles. The molecule has 3 rings (SSSR count). The Morgan fingerprint density at radius 1 is 1.57 bits per heavy atom. The lowest BCUT2D eigenvalue weighted by Crippen LogP contribution is -2.51. The molecule has 1 amide bonds. The number of ether oxygens (including phenoxy) is 2. The summed E-state index contributed by atoms with van der Waals surface area (Å²) >= 11 is 6.20. The van der Waals surface area contributed by atoms with Crippen molar-refractivity contribution in [2.45, 2.75) is 44.1 Å². The number of carbonyl (C=O) groups is 1. The molecule has 7 heteroatoms. The number of halogens is 1. The van der Waals surface area contributed by atoms with E-state index in [2.05, 4.69) is 0 Å². The standard InChI is InChI=1S/C16H17ClN2O4/c1-9-11(6-5-10(8-18)13(9)17)19-14(22-2)16(23-15(19)21)7-3-4-12(16)20/h5-6,12,14,20H,3-4,7H2,1-2H3/t12-,14+,16-/m0/s1. The van der Waals surface area contributed by atoms with Gasteiger partial charge < -0.3 is 14.6 Å². The quantitative estimate of drug-likeness (QED) is 0.897. The van der Waals surface area contributed by atoms with Gasteiger partial charge in [-0.1, -0.05) is 11.6 Å². The number of amides is 1. The SMILES string of the molecule is CO[C@H]1N(c2ccc(C#N)c(Cl)c2C)C(=O)O[C@]12CCC[C@@H]2O. The second kappa shape index (κ2) is 5.68. The molecule has 1 aliphatic carbocycles. The first kappa shape index (κ1) is 16.1. The van der Waals surface area contributed by atoms with Gasteiger partial charge in [-0.2, -0.15) is 5.26 Å². The van der Waals surface area contributed by atoms with Crippen molar-refractivity contribution in [3.05, 3.63) is 28.3 Å². The van der Waals surface area contributed by atoms with Crippen LogP contribution < -0.4 is 4.90 Å². The molecule has 3 atom stereocenters. The normalized spacial score (nSPS) is 29.9. The van der Waals surface area contributed by atoms with Crippen molar-refractivity contribution in [3.8, 4) is 6.07 Å². The van der Waals surface area contributed by atoms with E-state index in [1.807, 2.05) is 6.07 Å². The Morgan fingerprint density at radius 2 is 2.30 bits per heavy atom. The lowest BCUT2D eigenvalue weighted by Gasteiger charge is -2.33. The van der Waals surface area contributed by atoms with Crippen LogP contribution in [-0.4, -0.2) is 36.2 Å². The van der Waals surface area contributed by atoms with Crippen LogP contribution in [0, 0.1) is 18.3 Å². The van der Waals surface area contributed by atoms with Gasteiger partial charge in [0.1, 0.15) is 6.07 Å². The minimum Gasteiger partial charge on any atom is -0.435 e. The molecule has 2 fully saturated rings. The van der Waals surface area contributed by atoms with Crippen LogP contribution in [0.4, 0.5) is 10.5 Å². The first-order valence-electron chi connectivity index (χ1n) is 7.38. The first-order chi connectivity index (χ1) is 11.0. The third-order valence-corrected chi connectivity index (χ3v) is 5.18. The van der Waals surface area contributed by atoms with Crippen molar-refractivity contribution >= 4 is 23.4 Å². The van der Waals surface area contributed by atoms with Crippen molar-refractivity contribution in [1.82, 2.24) is 0 Å². The van der Waals surface area contributed by atoms with E-state index in [9.17, 15) is 9.90 Å². The van der Waals surface area contributed by atoms with Crippen molar-refractivity contribution in [2.75, 3.05) is 12.0 Å². The molecular formula is C16H17ClN2O4. The van der Waals surface area contributed by atoms with E-state index in [1.54, 1.807) is 19.1 Å². The Kier molecular flexibility index (Phi) is 3.96. The van der Waals surface area contributed by atoms with Crippen LogP contribution in [-0.2, 0) is 9.47 Å². The molecule has 1 heterocycles. The molecule has 1 aliphatic heterocycles. The number of hydrogen-bond acceptors (Lipinski definition) is 5. The fourth-order valence-electron chi connectivity index (χ4n) is 3.52. The lowest BCUT2D eigenvalue weighted by molar-refractivity contribution is -0.107. The zero-order valence-electron chi connectivity index (χ0n) is 12.9. The van der Waals surface area contributed by atoms with Gasteiger partial charge in [0.15, 0.2) is 11.8 Å². The van der Waals surface area contributed by atoms with E-state index in [-0.39, 0.29) is 0 Å². The van der Waals surface area contributed by atoms with Crippen LogP contribution >= 0.6 is 11.6 Å². The van der Waals surface area contributed by atoms with Crippen LogP contribution in [0.1, 0.15) is 30.4 Å². The van der Waals surface area contributed by atoms with Crippen LogP contribution in [0.5, 0.6) is 0 Å². The van der Waals surface area contributed by atoms with E-state index >= 15 is 0 Å². The third-order valence-electron chi connectivity index (χ3n) is 4.70. The Balaban J connectivity index is 2.08. The largest absolute Gasteiger partial charge is 0.435 e. The van der Waals surface area contributed by atoms with Gasteiger partial charge in [0.2, 0.25) is 0 Å². The highest BCUT2D eigenvalue weighted by molar-refractivity contribution is 6.33. The Hall–Kier alpha value is -1.81. The molecule has 0 unspecified atom stereocenters. The van der Waals surface area contributed by atoms with Gasteiger partial charge in [-0.25, -0.2) is 9.69 Å². The number of anilines is 1. The highest BCUT2D eigenvalue weighted by Gasteiger charge is 2.61. The maximum Gasteiger partial charge on any atom is 0.417 e. The third kappa shape index (κ3) is 2.19. The van der Waals surface area contributed by atoms with Gasteiger partial charge in [-0.05, 0) is 43.9 Å². The highest BCUT2D eigenvalue weighted by Crippen LogP contribution is 2.46. The predicted octanol–water partition coefficient (Wildman–Crippen LogP) is 2.73. The first-order valence-corrected chi connectivity index (χ1v) is 7.76. The number of nitrogens with zero attached hydrogens (tertiary/aromatic N) is 2. The Labute approximate surface area is 139 Å². The molecule has 1 N–H and O–H groups in total. The van der Waals surface area contributed by atoms with Crippen LogP contribution in [0.15, 0.2) is 12.1 Å². The molecule has 1 aromatic carbocycles. The van der Waals surface area contributed by atoms with Gasteiger partial charge >= 0.3 is 6.09 Å². The fraction of sp³-hybridized carbons (Fsp3) is 0.500. The summed E-state index contributed by atoms with van der Waals surface area (Å²) in [5.74, 6) is 0. The summed E-state index contributed by atoms with van der Waals surface area (Å²) in [5, 5.41) is 19.7. The minimum absolute atomic E-state index is 0.292. The lowest BCUT2D eigenvalue weighted by atomic mass is 9.96. The van der Waals surface area contributed by atoms with Gasteiger partial charge in [0, 0.05) is 7.11 Å². The van der Waals surface area contributed by atoms with Crippen LogP contribution in [0.3, 0.4) is 0 Å². The molecule has 2 aliphatic rings. The van der Waals surface area contributed by atoms with Crippen LogP contribution in [0.2, 0.25) is 5.02 Å². The number of benzene rings is 1. The highest BCUT2D eigenvalue weighted by atomic mass is 35.5. The second-order valence-corrected chi connectivity index (χ2v) is 6.25. The molecule has 122 valence electrons. The van der Waals surface area contributed by atoms with Crippen LogP contribution in [0.25, 0.3) is 0 Å². The van der Waals surface area contributed by atoms with E-state index in [4.69, 9.17) is 26.3 Å². The number of nitriles is 1. The number of methoxy groups -OCH3 is 1. The van der Waals surface area contributed by atoms with Crippen molar-refractivity contribution in [2.24, 2.45) is 0 Å². The van der Waals surface area contributed by atoms with Gasteiger partial charge in [-0.3, -0.25) is 0 Å². The fourth-order valence-corrected chi connectivity index (χ4v) is 3.72. The van der Waals surface area contributed by atoms with E-state index in [1.165, 1.54) is 12.0 Å². The number of hydrogen-bond donors (Lipinski definition) is 1.